The third kappa shape index (κ3) is 5.24. The zero-order valence-corrected chi connectivity index (χ0v) is 19.8. The number of nitrogens with two attached hydrogens (primary N) is 1. The van der Waals surface area contributed by atoms with Gasteiger partial charge in [-0.1, -0.05) is 30.9 Å². The number of benzene rings is 2. The van der Waals surface area contributed by atoms with Gasteiger partial charge in [-0.25, -0.2) is 14.4 Å². The number of ether oxygens (including phenoxy) is 1. The molecule has 0 aliphatic heterocycles. The van der Waals surface area contributed by atoms with Crippen LogP contribution in [-0.2, 0) is 0 Å². The Morgan fingerprint density at radius 3 is 2.86 bits per heavy atom. The number of imidazole rings is 1. The first kappa shape index (κ1) is 23.8. The van der Waals surface area contributed by atoms with Crippen molar-refractivity contribution < 1.29 is 9.13 Å². The number of aromatic amines is 1. The van der Waals surface area contributed by atoms with E-state index in [1.807, 2.05) is 56.3 Å². The van der Waals surface area contributed by atoms with Crippen LogP contribution in [0.2, 0.25) is 0 Å². The van der Waals surface area contributed by atoms with Crippen LogP contribution in [-0.4, -0.2) is 21.6 Å². The normalized spacial score (nSPS) is 12.7. The second-order valence-corrected chi connectivity index (χ2v) is 7.86. The van der Waals surface area contributed by atoms with E-state index in [0.717, 1.165) is 27.7 Å². The number of anilines is 2. The van der Waals surface area contributed by atoms with Crippen molar-refractivity contribution in [1.82, 2.24) is 15.0 Å². The van der Waals surface area contributed by atoms with Crippen molar-refractivity contribution in [3.63, 3.8) is 0 Å². The van der Waals surface area contributed by atoms with E-state index >= 15 is 4.39 Å². The lowest BCUT2D eigenvalue weighted by atomic mass is 10.0. The van der Waals surface area contributed by atoms with Gasteiger partial charge in [-0.3, -0.25) is 0 Å². The second-order valence-electron chi connectivity index (χ2n) is 7.86. The maximum Gasteiger partial charge on any atom is 0.133 e. The van der Waals surface area contributed by atoms with Gasteiger partial charge in [-0.15, -0.1) is 0 Å². The molecule has 7 heteroatoms. The van der Waals surface area contributed by atoms with Crippen LogP contribution >= 0.6 is 0 Å². The molecule has 0 fully saturated rings. The summed E-state index contributed by atoms with van der Waals surface area (Å²) < 4.78 is 20.8. The molecule has 1 unspecified atom stereocenters. The molecule has 1 atom stereocenters. The van der Waals surface area contributed by atoms with Gasteiger partial charge < -0.3 is 20.8 Å². The molecular formula is C28H28FN5O. The van der Waals surface area contributed by atoms with E-state index in [4.69, 9.17) is 10.5 Å². The molecule has 2 aromatic carbocycles. The Balaban J connectivity index is 1.79. The molecule has 178 valence electrons. The van der Waals surface area contributed by atoms with Crippen LogP contribution in [0, 0.1) is 5.82 Å². The lowest BCUT2D eigenvalue weighted by molar-refractivity contribution is 0.339. The molecule has 0 aliphatic rings. The minimum Gasteiger partial charge on any atom is -0.494 e. The van der Waals surface area contributed by atoms with Gasteiger partial charge in [0.25, 0.3) is 0 Å². The minimum absolute atomic E-state index is 0.369. The average molecular weight is 470 g/mol. The molecule has 2 aromatic heterocycles. The number of hydrogen-bond donors (Lipinski definition) is 3. The van der Waals surface area contributed by atoms with Crippen LogP contribution in [0.5, 0.6) is 5.75 Å². The molecule has 0 amide bonds. The van der Waals surface area contributed by atoms with Crippen molar-refractivity contribution in [3.8, 4) is 5.75 Å². The van der Waals surface area contributed by atoms with Crippen molar-refractivity contribution in [1.29, 1.82) is 0 Å². The quantitative estimate of drug-likeness (QED) is 0.246. The number of nitrogen functional groups attached to an aromatic ring is 1. The molecule has 0 saturated carbocycles. The summed E-state index contributed by atoms with van der Waals surface area (Å²) in [7, 11) is 0. The largest absolute Gasteiger partial charge is 0.494 e. The number of nitrogens with one attached hydrogen (secondary N) is 2. The summed E-state index contributed by atoms with van der Waals surface area (Å²) in [6, 6.07) is 11.7. The standard InChI is InChI=1S/C28H28FN5O/c1-4-7-8-18(5-2)25-17-32-28(34-25)26(23-16-21(35-6-3)10-12-24(23)29)33-20-9-11-22-19(15-20)13-14-31-27(22)30/h4-5,7-17,26,33H,2,6H2,1,3H3,(H2,30,31)(H,32,34)/b7-4-,18-8+. The number of pyridine rings is 1. The third-order valence-corrected chi connectivity index (χ3v) is 5.56. The van der Waals surface area contributed by atoms with Crippen molar-refractivity contribution in [2.75, 3.05) is 17.7 Å². The molecule has 4 aromatic rings. The van der Waals surface area contributed by atoms with E-state index < -0.39 is 6.04 Å². The average Bonchev–Trinajstić information content (AvgIpc) is 3.34. The van der Waals surface area contributed by atoms with Crippen molar-refractivity contribution in [2.45, 2.75) is 19.9 Å². The number of hydrogen-bond acceptors (Lipinski definition) is 5. The second kappa shape index (κ2) is 10.7. The first-order chi connectivity index (χ1) is 17.0. The Bertz CT molecular complexity index is 1410. The van der Waals surface area contributed by atoms with E-state index in [0.29, 0.717) is 29.6 Å². The lowest BCUT2D eigenvalue weighted by Crippen LogP contribution is -2.16. The van der Waals surface area contributed by atoms with Crippen molar-refractivity contribution in [2.24, 2.45) is 0 Å². The zero-order valence-electron chi connectivity index (χ0n) is 19.8. The highest BCUT2D eigenvalue weighted by molar-refractivity contribution is 5.93. The summed E-state index contributed by atoms with van der Waals surface area (Å²) in [6.45, 7) is 8.21. The van der Waals surface area contributed by atoms with E-state index in [1.165, 1.54) is 6.07 Å². The van der Waals surface area contributed by atoms with Gasteiger partial charge in [-0.05, 0) is 67.3 Å². The molecule has 0 saturated heterocycles. The van der Waals surface area contributed by atoms with Gasteiger partial charge >= 0.3 is 0 Å². The van der Waals surface area contributed by atoms with Crippen LogP contribution in [0.25, 0.3) is 16.3 Å². The minimum atomic E-state index is -0.617. The molecular weight excluding hydrogens is 441 g/mol. The first-order valence-electron chi connectivity index (χ1n) is 11.4. The van der Waals surface area contributed by atoms with Gasteiger partial charge in [-0.2, -0.15) is 0 Å². The van der Waals surface area contributed by atoms with Crippen LogP contribution in [0.3, 0.4) is 0 Å². The van der Waals surface area contributed by atoms with Gasteiger partial charge in [0.15, 0.2) is 0 Å². The molecule has 4 N–H and O–H groups in total. The highest BCUT2D eigenvalue weighted by Gasteiger charge is 2.23. The summed E-state index contributed by atoms with van der Waals surface area (Å²) in [6.07, 6.45) is 10.9. The number of halogens is 1. The topological polar surface area (TPSA) is 88.8 Å². The van der Waals surface area contributed by atoms with E-state index in [9.17, 15) is 0 Å². The number of H-pyrrole nitrogens is 1. The molecule has 6 nitrogen and oxygen atoms in total. The van der Waals surface area contributed by atoms with Crippen LogP contribution in [0.15, 0.2) is 85.7 Å². The van der Waals surface area contributed by atoms with Gasteiger partial charge in [0.2, 0.25) is 0 Å². The maximum atomic E-state index is 15.2. The summed E-state index contributed by atoms with van der Waals surface area (Å²) in [5.74, 6) is 1.22. The van der Waals surface area contributed by atoms with Gasteiger partial charge in [0.05, 0.1) is 18.5 Å². The summed E-state index contributed by atoms with van der Waals surface area (Å²) in [5.41, 5.74) is 8.84. The number of rotatable bonds is 9. The summed E-state index contributed by atoms with van der Waals surface area (Å²) in [5, 5.41) is 5.21. The fourth-order valence-electron chi connectivity index (χ4n) is 3.85. The molecule has 0 bridgehead atoms. The highest BCUT2D eigenvalue weighted by Crippen LogP contribution is 2.32. The number of aromatic nitrogens is 3. The Kier molecular flexibility index (Phi) is 7.26. The Morgan fingerprint density at radius 1 is 1.23 bits per heavy atom. The lowest BCUT2D eigenvalue weighted by Gasteiger charge is -2.20. The van der Waals surface area contributed by atoms with Crippen LogP contribution in [0.1, 0.15) is 37.0 Å². The van der Waals surface area contributed by atoms with Gasteiger partial charge in [0.1, 0.15) is 29.3 Å². The summed E-state index contributed by atoms with van der Waals surface area (Å²) >= 11 is 0. The van der Waals surface area contributed by atoms with Crippen LogP contribution in [0.4, 0.5) is 15.9 Å². The van der Waals surface area contributed by atoms with E-state index in [1.54, 1.807) is 30.6 Å². The molecule has 4 rings (SSSR count). The number of fused-ring (bicyclic) bond motifs is 1. The SMILES string of the molecule is C=C/C(=C\C=C/C)c1cnc(C(Nc2ccc3c(N)nccc3c2)c2cc(OCC)ccc2F)[nH]1. The van der Waals surface area contributed by atoms with Crippen molar-refractivity contribution in [3.05, 3.63) is 109 Å². The van der Waals surface area contributed by atoms with E-state index in [-0.39, 0.29) is 5.82 Å². The zero-order chi connectivity index (χ0) is 24.8. The van der Waals surface area contributed by atoms with Crippen molar-refractivity contribution >= 4 is 27.9 Å². The predicted molar refractivity (Wildman–Crippen MR) is 141 cm³/mol. The molecule has 0 aliphatic carbocycles. The Morgan fingerprint density at radius 2 is 2.09 bits per heavy atom. The fourth-order valence-corrected chi connectivity index (χ4v) is 3.85. The number of nitrogens with zero attached hydrogens (tertiary/aromatic N) is 2. The first-order valence-corrected chi connectivity index (χ1v) is 11.4. The fraction of sp³-hybridized carbons (Fsp3) is 0.143. The highest BCUT2D eigenvalue weighted by atomic mass is 19.1. The molecule has 35 heavy (non-hydrogen) atoms. The predicted octanol–water partition coefficient (Wildman–Crippen LogP) is 6.42. The number of allylic oxidation sites excluding steroid dienone is 5. The Hall–Kier alpha value is -4.39. The monoisotopic (exact) mass is 469 g/mol. The molecule has 0 spiro atoms. The third-order valence-electron chi connectivity index (χ3n) is 5.56. The van der Waals surface area contributed by atoms with Gasteiger partial charge in [0, 0.05) is 22.8 Å². The van der Waals surface area contributed by atoms with E-state index in [2.05, 4.69) is 26.8 Å². The van der Waals surface area contributed by atoms with Crippen LogP contribution < -0.4 is 15.8 Å². The maximum absolute atomic E-state index is 15.2. The summed E-state index contributed by atoms with van der Waals surface area (Å²) in [4.78, 5) is 12.1. The molecule has 2 heterocycles. The molecule has 0 radical (unpaired) electrons. The smallest absolute Gasteiger partial charge is 0.133 e. The Labute approximate surface area is 204 Å².